The number of aliphatic hydroxyl groups is 1. The lowest BCUT2D eigenvalue weighted by Gasteiger charge is -2.44. The summed E-state index contributed by atoms with van der Waals surface area (Å²) in [5, 5.41) is 8.98. The van der Waals surface area contributed by atoms with Crippen molar-refractivity contribution in [3.8, 4) is 0 Å². The Balaban J connectivity index is 1.29. The van der Waals surface area contributed by atoms with Crippen molar-refractivity contribution in [2.75, 3.05) is 26.2 Å². The number of rotatable bonds is 6. The maximum atomic E-state index is 8.98. The molecule has 0 aromatic heterocycles. The number of hydrogen-bond donors (Lipinski definition) is 1. The van der Waals surface area contributed by atoms with Gasteiger partial charge in [0, 0.05) is 32.2 Å². The molecule has 3 nitrogen and oxygen atoms in total. The molecule has 0 radical (unpaired) electrons. The van der Waals surface area contributed by atoms with Crippen molar-refractivity contribution in [2.45, 2.75) is 25.6 Å². The van der Waals surface area contributed by atoms with Gasteiger partial charge in [-0.1, -0.05) is 30.3 Å². The number of nitrogens with zero attached hydrogens (tertiary/aromatic N) is 1. The Kier molecular flexibility index (Phi) is 4.16. The summed E-state index contributed by atoms with van der Waals surface area (Å²) in [7, 11) is 0. The van der Waals surface area contributed by atoms with Gasteiger partial charge in [-0.05, 0) is 24.3 Å². The zero-order chi connectivity index (χ0) is 13.1. The molecule has 1 aliphatic carbocycles. The Morgan fingerprint density at radius 1 is 1.11 bits per heavy atom. The van der Waals surface area contributed by atoms with Crippen molar-refractivity contribution >= 4 is 0 Å². The maximum absolute atomic E-state index is 8.98. The number of benzene rings is 1. The van der Waals surface area contributed by atoms with Gasteiger partial charge in [0.05, 0.1) is 12.7 Å². The lowest BCUT2D eigenvalue weighted by molar-refractivity contribution is -0.0599. The highest BCUT2D eigenvalue weighted by atomic mass is 16.5. The molecule has 2 aliphatic rings. The van der Waals surface area contributed by atoms with Crippen LogP contribution < -0.4 is 0 Å². The Morgan fingerprint density at radius 2 is 1.84 bits per heavy atom. The van der Waals surface area contributed by atoms with E-state index in [-0.39, 0.29) is 0 Å². The highest BCUT2D eigenvalue weighted by molar-refractivity contribution is 5.13. The SMILES string of the molecule is OCC1CN(CC2CC(OCc3ccccc3)C2)C1. The number of hydrogen-bond acceptors (Lipinski definition) is 3. The van der Waals surface area contributed by atoms with Crippen LogP contribution in [0, 0.1) is 11.8 Å². The number of ether oxygens (including phenoxy) is 1. The third kappa shape index (κ3) is 3.35. The van der Waals surface area contributed by atoms with Crippen LogP contribution in [0.3, 0.4) is 0 Å². The number of aliphatic hydroxyl groups excluding tert-OH is 1. The monoisotopic (exact) mass is 261 g/mol. The summed E-state index contributed by atoms with van der Waals surface area (Å²) in [4.78, 5) is 2.46. The van der Waals surface area contributed by atoms with Crippen LogP contribution in [-0.2, 0) is 11.3 Å². The molecule has 0 unspecified atom stereocenters. The summed E-state index contributed by atoms with van der Waals surface area (Å²) in [6, 6.07) is 10.4. The molecule has 1 saturated carbocycles. The van der Waals surface area contributed by atoms with E-state index in [1.165, 1.54) is 24.9 Å². The Labute approximate surface area is 115 Å². The van der Waals surface area contributed by atoms with E-state index in [9.17, 15) is 0 Å². The van der Waals surface area contributed by atoms with Crippen LogP contribution in [0.4, 0.5) is 0 Å². The fourth-order valence-electron chi connectivity index (χ4n) is 3.05. The Hall–Kier alpha value is -0.900. The van der Waals surface area contributed by atoms with E-state index in [1.807, 2.05) is 6.07 Å². The van der Waals surface area contributed by atoms with Crippen molar-refractivity contribution in [3.63, 3.8) is 0 Å². The van der Waals surface area contributed by atoms with Crippen LogP contribution in [0.5, 0.6) is 0 Å². The lowest BCUT2D eigenvalue weighted by atomic mass is 9.81. The molecule has 0 spiro atoms. The summed E-state index contributed by atoms with van der Waals surface area (Å²) in [5.41, 5.74) is 1.26. The van der Waals surface area contributed by atoms with Crippen LogP contribution in [0.15, 0.2) is 30.3 Å². The highest BCUT2D eigenvalue weighted by Gasteiger charge is 2.34. The second-order valence-electron chi connectivity index (χ2n) is 6.02. The minimum Gasteiger partial charge on any atom is -0.396 e. The molecular formula is C16H23NO2. The highest BCUT2D eigenvalue weighted by Crippen LogP contribution is 2.33. The molecule has 2 fully saturated rings. The van der Waals surface area contributed by atoms with Gasteiger partial charge in [-0.15, -0.1) is 0 Å². The van der Waals surface area contributed by atoms with Gasteiger partial charge in [0.15, 0.2) is 0 Å². The minimum absolute atomic E-state index is 0.351. The van der Waals surface area contributed by atoms with E-state index < -0.39 is 0 Å². The van der Waals surface area contributed by atoms with E-state index in [1.54, 1.807) is 0 Å². The molecule has 1 saturated heterocycles. The first-order valence-corrected chi connectivity index (χ1v) is 7.32. The summed E-state index contributed by atoms with van der Waals surface area (Å²) < 4.78 is 5.91. The molecule has 3 rings (SSSR count). The summed E-state index contributed by atoms with van der Waals surface area (Å²) in [6.07, 6.45) is 2.86. The zero-order valence-corrected chi connectivity index (χ0v) is 11.4. The summed E-state index contributed by atoms with van der Waals surface area (Å²) in [6.45, 7) is 4.46. The first-order chi connectivity index (χ1) is 9.33. The molecule has 0 atom stereocenters. The normalized spacial score (nSPS) is 27.8. The third-order valence-electron chi connectivity index (χ3n) is 4.33. The first-order valence-electron chi connectivity index (χ1n) is 7.32. The number of likely N-dealkylation sites (tertiary alicyclic amines) is 1. The van der Waals surface area contributed by atoms with Crippen molar-refractivity contribution in [1.29, 1.82) is 0 Å². The van der Waals surface area contributed by atoms with Gasteiger partial charge in [-0.2, -0.15) is 0 Å². The zero-order valence-electron chi connectivity index (χ0n) is 11.4. The predicted molar refractivity (Wildman–Crippen MR) is 74.8 cm³/mol. The van der Waals surface area contributed by atoms with Crippen LogP contribution in [0.2, 0.25) is 0 Å². The largest absolute Gasteiger partial charge is 0.396 e. The quantitative estimate of drug-likeness (QED) is 0.849. The molecular weight excluding hydrogens is 238 g/mol. The second kappa shape index (κ2) is 6.04. The van der Waals surface area contributed by atoms with E-state index in [4.69, 9.17) is 9.84 Å². The molecule has 1 aromatic carbocycles. The topological polar surface area (TPSA) is 32.7 Å². The van der Waals surface area contributed by atoms with Gasteiger partial charge in [0.2, 0.25) is 0 Å². The molecule has 1 N–H and O–H groups in total. The molecule has 104 valence electrons. The van der Waals surface area contributed by atoms with Gasteiger partial charge < -0.3 is 14.7 Å². The lowest BCUT2D eigenvalue weighted by Crippen LogP contribution is -2.52. The molecule has 1 aromatic rings. The van der Waals surface area contributed by atoms with Gasteiger partial charge in [0.25, 0.3) is 0 Å². The molecule has 0 bridgehead atoms. The molecule has 1 heterocycles. The average molecular weight is 261 g/mol. The van der Waals surface area contributed by atoms with Crippen LogP contribution in [0.25, 0.3) is 0 Å². The van der Waals surface area contributed by atoms with Gasteiger partial charge >= 0.3 is 0 Å². The van der Waals surface area contributed by atoms with Crippen LogP contribution in [0.1, 0.15) is 18.4 Å². The van der Waals surface area contributed by atoms with E-state index in [2.05, 4.69) is 29.2 Å². The standard InChI is InChI=1S/C16H23NO2/c18-11-15-9-17(10-15)8-14-6-16(7-14)19-12-13-4-2-1-3-5-13/h1-5,14-16,18H,6-12H2. The van der Waals surface area contributed by atoms with Crippen LogP contribution in [-0.4, -0.2) is 42.4 Å². The van der Waals surface area contributed by atoms with E-state index >= 15 is 0 Å². The van der Waals surface area contributed by atoms with Crippen molar-refractivity contribution in [1.82, 2.24) is 4.90 Å². The first kappa shape index (κ1) is 13.1. The molecule has 19 heavy (non-hydrogen) atoms. The fraction of sp³-hybridized carbons (Fsp3) is 0.625. The molecule has 3 heteroatoms. The minimum atomic E-state index is 0.351. The molecule has 0 amide bonds. The molecule has 1 aliphatic heterocycles. The second-order valence-corrected chi connectivity index (χ2v) is 6.02. The van der Waals surface area contributed by atoms with Crippen molar-refractivity contribution in [2.24, 2.45) is 11.8 Å². The predicted octanol–water partition coefficient (Wildman–Crippen LogP) is 1.91. The van der Waals surface area contributed by atoms with Gasteiger partial charge in [-0.25, -0.2) is 0 Å². The van der Waals surface area contributed by atoms with E-state index in [0.717, 1.165) is 25.6 Å². The summed E-state index contributed by atoms with van der Waals surface area (Å²) in [5.74, 6) is 1.34. The Bertz CT molecular complexity index is 383. The van der Waals surface area contributed by atoms with Crippen molar-refractivity contribution in [3.05, 3.63) is 35.9 Å². The Morgan fingerprint density at radius 3 is 2.53 bits per heavy atom. The van der Waals surface area contributed by atoms with E-state index in [0.29, 0.717) is 18.6 Å². The fourth-order valence-corrected chi connectivity index (χ4v) is 3.05. The summed E-state index contributed by atoms with van der Waals surface area (Å²) >= 11 is 0. The van der Waals surface area contributed by atoms with Gasteiger partial charge in [0.1, 0.15) is 0 Å². The van der Waals surface area contributed by atoms with Gasteiger partial charge in [-0.3, -0.25) is 0 Å². The third-order valence-corrected chi connectivity index (χ3v) is 4.33. The average Bonchev–Trinajstić information content (AvgIpc) is 2.35. The van der Waals surface area contributed by atoms with Crippen molar-refractivity contribution < 1.29 is 9.84 Å². The maximum Gasteiger partial charge on any atom is 0.0720 e. The smallest absolute Gasteiger partial charge is 0.0720 e. The van der Waals surface area contributed by atoms with Crippen LogP contribution >= 0.6 is 0 Å².